The number of likely N-dealkylation sites (tertiary alicyclic amines) is 1. The fourth-order valence-electron chi connectivity index (χ4n) is 3.03. The number of aromatic amines is 1. The number of carbonyl (C=O) groups excluding carboxylic acids is 1. The maximum Gasteiger partial charge on any atom is 0.292 e. The standard InChI is InChI=1S/C16H13N7O2/c24-16(13-2-4-21-25-13)22-7-11(8-22)23-6-10(5-20-23)14-12-1-3-17-15(12)19-9-18-14/h1-6,9,11H,7-8H2,(H,17,18,19). The highest BCUT2D eigenvalue weighted by Gasteiger charge is 2.34. The molecule has 0 aliphatic carbocycles. The highest BCUT2D eigenvalue weighted by molar-refractivity contribution is 5.92. The minimum atomic E-state index is -0.147. The topological polar surface area (TPSA) is 106 Å². The van der Waals surface area contributed by atoms with E-state index in [0.29, 0.717) is 13.1 Å². The third kappa shape index (κ3) is 2.20. The Morgan fingerprint density at radius 3 is 3.04 bits per heavy atom. The average Bonchev–Trinajstić information content (AvgIpc) is 3.33. The molecule has 1 aliphatic heterocycles. The van der Waals surface area contributed by atoms with Crippen molar-refractivity contribution in [2.45, 2.75) is 6.04 Å². The molecule has 0 saturated carbocycles. The van der Waals surface area contributed by atoms with Crippen LogP contribution in [0.1, 0.15) is 16.6 Å². The number of amides is 1. The van der Waals surface area contributed by atoms with Crippen molar-refractivity contribution < 1.29 is 9.32 Å². The van der Waals surface area contributed by atoms with E-state index in [1.54, 1.807) is 17.2 Å². The Balaban J connectivity index is 1.35. The zero-order valence-corrected chi connectivity index (χ0v) is 13.0. The Bertz CT molecular complexity index is 1040. The van der Waals surface area contributed by atoms with Crippen molar-refractivity contribution in [1.82, 2.24) is 34.8 Å². The lowest BCUT2D eigenvalue weighted by Crippen LogP contribution is -2.50. The number of H-pyrrole nitrogens is 1. The molecule has 4 aromatic rings. The molecule has 0 aromatic carbocycles. The second-order valence-electron chi connectivity index (χ2n) is 5.91. The fraction of sp³-hybridized carbons (Fsp3) is 0.188. The van der Waals surface area contributed by atoms with Gasteiger partial charge in [-0.1, -0.05) is 5.16 Å². The molecule has 1 N–H and O–H groups in total. The van der Waals surface area contributed by atoms with E-state index in [-0.39, 0.29) is 17.7 Å². The SMILES string of the molecule is O=C(c1ccno1)N1CC(n2cc(-c3ncnc4[nH]ccc34)cn2)C1. The lowest BCUT2D eigenvalue weighted by Gasteiger charge is -2.38. The van der Waals surface area contributed by atoms with E-state index >= 15 is 0 Å². The van der Waals surface area contributed by atoms with E-state index in [1.807, 2.05) is 23.1 Å². The zero-order valence-electron chi connectivity index (χ0n) is 13.0. The van der Waals surface area contributed by atoms with E-state index in [2.05, 4.69) is 25.2 Å². The third-order valence-corrected chi connectivity index (χ3v) is 4.40. The van der Waals surface area contributed by atoms with Crippen molar-refractivity contribution in [3.05, 3.63) is 49.0 Å². The second kappa shape index (κ2) is 5.26. The Hall–Kier alpha value is -3.49. The van der Waals surface area contributed by atoms with Gasteiger partial charge < -0.3 is 14.4 Å². The van der Waals surface area contributed by atoms with Gasteiger partial charge in [-0.2, -0.15) is 5.10 Å². The fourth-order valence-corrected chi connectivity index (χ4v) is 3.03. The van der Waals surface area contributed by atoms with Gasteiger partial charge in [-0.25, -0.2) is 9.97 Å². The molecule has 0 bridgehead atoms. The number of carbonyl (C=O) groups is 1. The van der Waals surface area contributed by atoms with Crippen LogP contribution in [-0.2, 0) is 0 Å². The molecule has 0 radical (unpaired) electrons. The van der Waals surface area contributed by atoms with Gasteiger partial charge in [0.1, 0.15) is 12.0 Å². The van der Waals surface area contributed by atoms with Crippen LogP contribution in [0.15, 0.2) is 47.8 Å². The van der Waals surface area contributed by atoms with Crippen LogP contribution in [0, 0.1) is 0 Å². The first-order valence-corrected chi connectivity index (χ1v) is 7.82. The highest BCUT2D eigenvalue weighted by Crippen LogP contribution is 2.27. The molecule has 0 spiro atoms. The minimum Gasteiger partial charge on any atom is -0.351 e. The highest BCUT2D eigenvalue weighted by atomic mass is 16.5. The van der Waals surface area contributed by atoms with Crippen LogP contribution >= 0.6 is 0 Å². The molecule has 4 aromatic heterocycles. The summed E-state index contributed by atoms with van der Waals surface area (Å²) in [5.74, 6) is 0.112. The van der Waals surface area contributed by atoms with E-state index in [0.717, 1.165) is 22.3 Å². The number of aromatic nitrogens is 6. The first-order valence-electron chi connectivity index (χ1n) is 7.82. The smallest absolute Gasteiger partial charge is 0.292 e. The third-order valence-electron chi connectivity index (χ3n) is 4.40. The second-order valence-corrected chi connectivity index (χ2v) is 5.91. The largest absolute Gasteiger partial charge is 0.351 e. The summed E-state index contributed by atoms with van der Waals surface area (Å²) >= 11 is 0. The molecule has 1 fully saturated rings. The van der Waals surface area contributed by atoms with Crippen LogP contribution in [0.25, 0.3) is 22.3 Å². The van der Waals surface area contributed by atoms with Gasteiger partial charge in [-0.05, 0) is 6.07 Å². The minimum absolute atomic E-state index is 0.143. The predicted octanol–water partition coefficient (Wildman–Crippen LogP) is 1.51. The predicted molar refractivity (Wildman–Crippen MR) is 86.6 cm³/mol. The molecule has 5 rings (SSSR count). The lowest BCUT2D eigenvalue weighted by atomic mass is 10.1. The summed E-state index contributed by atoms with van der Waals surface area (Å²) in [6.07, 6.45) is 8.58. The molecule has 25 heavy (non-hydrogen) atoms. The number of hydrogen-bond acceptors (Lipinski definition) is 6. The molecule has 9 heteroatoms. The van der Waals surface area contributed by atoms with Gasteiger partial charge in [0.2, 0.25) is 5.76 Å². The molecular weight excluding hydrogens is 322 g/mol. The molecule has 1 saturated heterocycles. The summed E-state index contributed by atoms with van der Waals surface area (Å²) in [5.41, 5.74) is 2.56. The van der Waals surface area contributed by atoms with Crippen molar-refractivity contribution >= 4 is 16.9 Å². The van der Waals surface area contributed by atoms with E-state index in [1.165, 1.54) is 12.5 Å². The summed E-state index contributed by atoms with van der Waals surface area (Å²) in [5, 5.41) is 8.95. The Kier molecular flexibility index (Phi) is 2.93. The van der Waals surface area contributed by atoms with Crippen LogP contribution in [0.3, 0.4) is 0 Å². The normalized spacial score (nSPS) is 14.8. The molecular formula is C16H13N7O2. The summed E-state index contributed by atoms with van der Waals surface area (Å²) in [4.78, 5) is 25.5. The van der Waals surface area contributed by atoms with Gasteiger partial charge in [0.05, 0.1) is 24.1 Å². The van der Waals surface area contributed by atoms with E-state index < -0.39 is 0 Å². The Morgan fingerprint density at radius 1 is 1.28 bits per heavy atom. The van der Waals surface area contributed by atoms with E-state index in [4.69, 9.17) is 4.52 Å². The van der Waals surface area contributed by atoms with Crippen LogP contribution in [0.2, 0.25) is 0 Å². The number of nitrogens with zero attached hydrogens (tertiary/aromatic N) is 6. The average molecular weight is 335 g/mol. The van der Waals surface area contributed by atoms with Crippen molar-refractivity contribution in [1.29, 1.82) is 0 Å². The molecule has 0 atom stereocenters. The molecule has 124 valence electrons. The monoisotopic (exact) mass is 335 g/mol. The summed E-state index contributed by atoms with van der Waals surface area (Å²) in [7, 11) is 0. The van der Waals surface area contributed by atoms with Crippen LogP contribution in [0.5, 0.6) is 0 Å². The number of fused-ring (bicyclic) bond motifs is 1. The Labute approximate surface area is 141 Å². The molecule has 5 heterocycles. The van der Waals surface area contributed by atoms with Gasteiger partial charge in [0.15, 0.2) is 0 Å². The van der Waals surface area contributed by atoms with Crippen LogP contribution in [0.4, 0.5) is 0 Å². The van der Waals surface area contributed by atoms with Gasteiger partial charge in [-0.3, -0.25) is 9.48 Å². The molecule has 1 amide bonds. The maximum absolute atomic E-state index is 12.2. The molecule has 0 unspecified atom stereocenters. The van der Waals surface area contributed by atoms with Crippen molar-refractivity contribution in [2.75, 3.05) is 13.1 Å². The van der Waals surface area contributed by atoms with Crippen molar-refractivity contribution in [3.63, 3.8) is 0 Å². The number of nitrogens with one attached hydrogen (secondary N) is 1. The van der Waals surface area contributed by atoms with Gasteiger partial charge in [0.25, 0.3) is 5.91 Å². The van der Waals surface area contributed by atoms with Gasteiger partial charge in [0, 0.05) is 42.5 Å². The first-order chi connectivity index (χ1) is 12.3. The Morgan fingerprint density at radius 2 is 2.20 bits per heavy atom. The quantitative estimate of drug-likeness (QED) is 0.608. The van der Waals surface area contributed by atoms with Crippen LogP contribution < -0.4 is 0 Å². The number of hydrogen-bond donors (Lipinski definition) is 1. The van der Waals surface area contributed by atoms with Crippen LogP contribution in [-0.4, -0.2) is 53.8 Å². The number of rotatable bonds is 3. The molecule has 1 aliphatic rings. The van der Waals surface area contributed by atoms with Crippen molar-refractivity contribution in [2.24, 2.45) is 0 Å². The maximum atomic E-state index is 12.2. The molecule has 9 nitrogen and oxygen atoms in total. The summed E-state index contributed by atoms with van der Waals surface area (Å²) < 4.78 is 6.78. The summed E-state index contributed by atoms with van der Waals surface area (Å²) in [6.45, 7) is 1.17. The lowest BCUT2D eigenvalue weighted by molar-refractivity contribution is 0.0461. The first kappa shape index (κ1) is 13.9. The van der Waals surface area contributed by atoms with Crippen molar-refractivity contribution in [3.8, 4) is 11.3 Å². The summed E-state index contributed by atoms with van der Waals surface area (Å²) in [6, 6.07) is 3.66. The zero-order chi connectivity index (χ0) is 16.8. The van der Waals surface area contributed by atoms with E-state index in [9.17, 15) is 4.79 Å². The van der Waals surface area contributed by atoms with Gasteiger partial charge in [-0.15, -0.1) is 0 Å². The van der Waals surface area contributed by atoms with Gasteiger partial charge >= 0.3 is 0 Å².